The molecule has 0 atom stereocenters. The summed E-state index contributed by atoms with van der Waals surface area (Å²) in [7, 11) is 0. The van der Waals surface area contributed by atoms with Gasteiger partial charge in [0.05, 0.1) is 13.2 Å². The third kappa shape index (κ3) is 4.09. The Labute approximate surface area is 138 Å². The molecule has 0 radical (unpaired) electrons. The Morgan fingerprint density at radius 1 is 0.952 bits per heavy atom. The van der Waals surface area contributed by atoms with Gasteiger partial charge in [-0.3, -0.25) is 0 Å². The molecule has 2 aromatic carbocycles. The van der Waals surface area contributed by atoms with Crippen molar-refractivity contribution in [1.29, 1.82) is 0 Å². The molecule has 0 aromatic heterocycles. The predicted octanol–water partition coefficient (Wildman–Crippen LogP) is 2.33. The van der Waals surface area contributed by atoms with E-state index in [1.54, 1.807) is 0 Å². The lowest BCUT2D eigenvalue weighted by molar-refractivity contribution is 0.281. The maximum Gasteiger partial charge on any atom is 0.0606 e. The summed E-state index contributed by atoms with van der Waals surface area (Å²) in [4.78, 5) is 1.97. The van der Waals surface area contributed by atoms with Gasteiger partial charge in [0.25, 0.3) is 0 Å². The first-order valence-corrected chi connectivity index (χ1v) is 7.85. The Hall–Kier alpha value is -1.31. The van der Waals surface area contributed by atoms with Gasteiger partial charge in [0.15, 0.2) is 0 Å². The van der Waals surface area contributed by atoms with E-state index >= 15 is 0 Å². The van der Waals surface area contributed by atoms with Gasteiger partial charge in [-0.15, -0.1) is 0 Å². The number of hydrogen-bond acceptors (Lipinski definition) is 4. The van der Waals surface area contributed by atoms with Crippen molar-refractivity contribution in [3.8, 4) is 11.1 Å². The Morgan fingerprint density at radius 2 is 1.57 bits per heavy atom. The first-order valence-electron chi connectivity index (χ1n) is 6.78. The van der Waals surface area contributed by atoms with Gasteiger partial charge < -0.3 is 20.8 Å². The number of halogens is 1. The van der Waals surface area contributed by atoms with Crippen molar-refractivity contribution in [3.63, 3.8) is 0 Å². The topological polar surface area (TPSA) is 69.7 Å². The number of anilines is 2. The largest absolute Gasteiger partial charge is 0.399 e. The Kier molecular flexibility index (Phi) is 5.84. The molecule has 0 saturated heterocycles. The summed E-state index contributed by atoms with van der Waals surface area (Å²) in [6.07, 6.45) is 0. The number of hydrogen-bond donors (Lipinski definition) is 3. The van der Waals surface area contributed by atoms with E-state index in [0.717, 1.165) is 16.8 Å². The van der Waals surface area contributed by atoms with Crippen molar-refractivity contribution in [3.05, 3.63) is 46.0 Å². The molecule has 0 spiro atoms. The van der Waals surface area contributed by atoms with E-state index in [1.165, 1.54) is 3.57 Å². The highest BCUT2D eigenvalue weighted by Gasteiger charge is 2.12. The Bertz CT molecular complexity index is 581. The van der Waals surface area contributed by atoms with E-state index < -0.39 is 0 Å². The average Bonchev–Trinajstić information content (AvgIpc) is 2.48. The summed E-state index contributed by atoms with van der Waals surface area (Å²) in [5.41, 5.74) is 9.66. The van der Waals surface area contributed by atoms with Crippen LogP contribution in [0.1, 0.15) is 0 Å². The standard InChI is InChI=1S/C16H19IN2O2/c17-13-3-1-12(2-4-13)15-11-14(18)5-6-16(15)19(7-9-20)8-10-21/h1-6,11,20-21H,7-10,18H2. The number of aliphatic hydroxyl groups excluding tert-OH is 2. The number of nitrogens with zero attached hydrogens (tertiary/aromatic N) is 1. The summed E-state index contributed by atoms with van der Waals surface area (Å²) in [6.45, 7) is 1.02. The number of rotatable bonds is 6. The summed E-state index contributed by atoms with van der Waals surface area (Å²) in [5.74, 6) is 0. The molecule has 0 bridgehead atoms. The van der Waals surface area contributed by atoms with Crippen molar-refractivity contribution in [1.82, 2.24) is 0 Å². The third-order valence-corrected chi connectivity index (χ3v) is 3.98. The quantitative estimate of drug-likeness (QED) is 0.516. The van der Waals surface area contributed by atoms with Crippen LogP contribution in [0.4, 0.5) is 11.4 Å². The lowest BCUT2D eigenvalue weighted by Crippen LogP contribution is -2.30. The highest BCUT2D eigenvalue weighted by Crippen LogP contribution is 2.33. The fourth-order valence-electron chi connectivity index (χ4n) is 2.28. The van der Waals surface area contributed by atoms with Gasteiger partial charge in [-0.25, -0.2) is 0 Å². The van der Waals surface area contributed by atoms with Gasteiger partial charge in [-0.1, -0.05) is 12.1 Å². The zero-order chi connectivity index (χ0) is 15.2. The summed E-state index contributed by atoms with van der Waals surface area (Å²) < 4.78 is 1.17. The van der Waals surface area contributed by atoms with Crippen LogP contribution >= 0.6 is 22.6 Å². The molecule has 0 aliphatic carbocycles. The minimum atomic E-state index is 0.0382. The molecule has 5 heteroatoms. The first-order chi connectivity index (χ1) is 10.2. The Morgan fingerprint density at radius 3 is 2.14 bits per heavy atom. The van der Waals surface area contributed by atoms with Crippen LogP contribution in [0.2, 0.25) is 0 Å². The zero-order valence-corrected chi connectivity index (χ0v) is 13.8. The van der Waals surface area contributed by atoms with E-state index in [1.807, 2.05) is 35.2 Å². The van der Waals surface area contributed by atoms with Crippen LogP contribution in [0.25, 0.3) is 11.1 Å². The first kappa shape index (κ1) is 16.1. The molecule has 4 N–H and O–H groups in total. The van der Waals surface area contributed by atoms with Crippen molar-refractivity contribution in [2.24, 2.45) is 0 Å². The summed E-state index contributed by atoms with van der Waals surface area (Å²) in [6, 6.07) is 13.9. The fraction of sp³-hybridized carbons (Fsp3) is 0.250. The van der Waals surface area contributed by atoms with Gasteiger partial charge in [0, 0.05) is 33.6 Å². The molecule has 0 heterocycles. The molecule has 0 aliphatic rings. The van der Waals surface area contributed by atoms with Crippen LogP contribution in [0.3, 0.4) is 0 Å². The van der Waals surface area contributed by atoms with Crippen LogP contribution in [0, 0.1) is 3.57 Å². The Balaban J connectivity index is 2.47. The van der Waals surface area contributed by atoms with E-state index in [2.05, 4.69) is 34.7 Å². The van der Waals surface area contributed by atoms with Gasteiger partial charge in [-0.05, 0) is 58.5 Å². The molecule has 0 amide bonds. The van der Waals surface area contributed by atoms with Crippen molar-refractivity contribution < 1.29 is 10.2 Å². The molecule has 4 nitrogen and oxygen atoms in total. The van der Waals surface area contributed by atoms with Gasteiger partial charge >= 0.3 is 0 Å². The van der Waals surface area contributed by atoms with E-state index in [0.29, 0.717) is 18.8 Å². The molecular weight excluding hydrogens is 379 g/mol. The highest BCUT2D eigenvalue weighted by molar-refractivity contribution is 14.1. The second-order valence-corrected chi connectivity index (χ2v) is 5.96. The van der Waals surface area contributed by atoms with Gasteiger partial charge in [0.1, 0.15) is 0 Å². The average molecular weight is 398 g/mol. The second kappa shape index (κ2) is 7.63. The molecule has 2 aromatic rings. The van der Waals surface area contributed by atoms with Crippen LogP contribution in [-0.4, -0.2) is 36.5 Å². The highest BCUT2D eigenvalue weighted by atomic mass is 127. The van der Waals surface area contributed by atoms with Crippen molar-refractivity contribution >= 4 is 34.0 Å². The molecule has 0 unspecified atom stereocenters. The van der Waals surface area contributed by atoms with Crippen LogP contribution in [-0.2, 0) is 0 Å². The number of benzene rings is 2. The van der Waals surface area contributed by atoms with E-state index in [9.17, 15) is 10.2 Å². The lowest BCUT2D eigenvalue weighted by Gasteiger charge is -2.26. The summed E-state index contributed by atoms with van der Waals surface area (Å²) >= 11 is 2.27. The number of aliphatic hydroxyl groups is 2. The van der Waals surface area contributed by atoms with Crippen molar-refractivity contribution in [2.75, 3.05) is 36.9 Å². The van der Waals surface area contributed by atoms with Crippen LogP contribution in [0.15, 0.2) is 42.5 Å². The smallest absolute Gasteiger partial charge is 0.0606 e. The molecule has 0 fully saturated rings. The monoisotopic (exact) mass is 398 g/mol. The SMILES string of the molecule is Nc1ccc(N(CCO)CCO)c(-c2ccc(I)cc2)c1. The normalized spacial score (nSPS) is 10.6. The fourth-order valence-corrected chi connectivity index (χ4v) is 2.64. The third-order valence-electron chi connectivity index (χ3n) is 3.26. The molecule has 0 aliphatic heterocycles. The maximum atomic E-state index is 9.23. The molecule has 112 valence electrons. The second-order valence-electron chi connectivity index (χ2n) is 4.72. The summed E-state index contributed by atoms with van der Waals surface area (Å²) in [5, 5.41) is 18.5. The van der Waals surface area contributed by atoms with E-state index in [4.69, 9.17) is 5.73 Å². The lowest BCUT2D eigenvalue weighted by atomic mass is 10.0. The molecule has 2 rings (SSSR count). The zero-order valence-electron chi connectivity index (χ0n) is 11.7. The van der Waals surface area contributed by atoms with E-state index in [-0.39, 0.29) is 13.2 Å². The minimum Gasteiger partial charge on any atom is -0.399 e. The number of nitrogen functional groups attached to an aromatic ring is 1. The maximum absolute atomic E-state index is 9.23. The van der Waals surface area contributed by atoms with Crippen LogP contribution in [0.5, 0.6) is 0 Å². The predicted molar refractivity (Wildman–Crippen MR) is 95.4 cm³/mol. The van der Waals surface area contributed by atoms with Gasteiger partial charge in [0.2, 0.25) is 0 Å². The van der Waals surface area contributed by atoms with Crippen molar-refractivity contribution in [2.45, 2.75) is 0 Å². The van der Waals surface area contributed by atoms with Crippen LogP contribution < -0.4 is 10.6 Å². The minimum absolute atomic E-state index is 0.0382. The molecule has 0 saturated carbocycles. The van der Waals surface area contributed by atoms with Gasteiger partial charge in [-0.2, -0.15) is 0 Å². The molecular formula is C16H19IN2O2. The molecule has 21 heavy (non-hydrogen) atoms. The number of nitrogens with two attached hydrogens (primary N) is 1.